The highest BCUT2D eigenvalue weighted by Crippen LogP contribution is 2.27. The molecule has 0 aliphatic heterocycles. The Labute approximate surface area is 140 Å². The second kappa shape index (κ2) is 9.40. The van der Waals surface area contributed by atoms with E-state index < -0.39 is 0 Å². The number of nitrogens with zero attached hydrogens (tertiary/aromatic N) is 1. The average molecular weight is 322 g/mol. The lowest BCUT2D eigenvalue weighted by Gasteiger charge is -2.30. The molecule has 0 atom stereocenters. The number of hydrogen-bond donors (Lipinski definition) is 1. The van der Waals surface area contributed by atoms with E-state index in [1.165, 1.54) is 0 Å². The van der Waals surface area contributed by atoms with Crippen LogP contribution in [0.15, 0.2) is 18.2 Å². The van der Waals surface area contributed by atoms with E-state index in [1.54, 1.807) is 25.3 Å². The maximum Gasteiger partial charge on any atom is 0.251 e. The number of ether oxygens (including phenoxy) is 2. The summed E-state index contributed by atoms with van der Waals surface area (Å²) in [4.78, 5) is 14.6. The zero-order valence-electron chi connectivity index (χ0n) is 15.2. The van der Waals surface area contributed by atoms with E-state index in [9.17, 15) is 4.79 Å². The smallest absolute Gasteiger partial charge is 0.251 e. The first-order chi connectivity index (χ1) is 10.9. The Bertz CT molecular complexity index is 493. The Morgan fingerprint density at radius 3 is 2.35 bits per heavy atom. The lowest BCUT2D eigenvalue weighted by atomic mass is 10.2. The molecule has 0 aliphatic carbocycles. The van der Waals surface area contributed by atoms with Gasteiger partial charge in [0.15, 0.2) is 11.5 Å². The number of amides is 1. The first kappa shape index (κ1) is 19.3. The number of carbonyl (C=O) groups is 1. The molecule has 1 amide bonds. The van der Waals surface area contributed by atoms with Crippen LogP contribution in [0.3, 0.4) is 0 Å². The Morgan fingerprint density at radius 1 is 1.17 bits per heavy atom. The van der Waals surface area contributed by atoms with Gasteiger partial charge in [0.05, 0.1) is 13.7 Å². The summed E-state index contributed by atoms with van der Waals surface area (Å²) < 4.78 is 10.7. The standard InChI is InChI=1S/C18H30N2O3/c1-7-23-17-12-15(8-9-16(17)22-6)18(21)19-10-11-20(13(2)3)14(4)5/h8-9,12-14H,7,10-11H2,1-6H3,(H,19,21). The maximum atomic E-state index is 12.3. The van der Waals surface area contributed by atoms with Gasteiger partial charge in [0, 0.05) is 30.7 Å². The van der Waals surface area contributed by atoms with Crippen LogP contribution < -0.4 is 14.8 Å². The van der Waals surface area contributed by atoms with Gasteiger partial charge in [-0.1, -0.05) is 0 Å². The zero-order chi connectivity index (χ0) is 17.4. The predicted octanol–water partition coefficient (Wildman–Crippen LogP) is 2.94. The fraction of sp³-hybridized carbons (Fsp3) is 0.611. The third kappa shape index (κ3) is 5.75. The summed E-state index contributed by atoms with van der Waals surface area (Å²) in [6.45, 7) is 12.5. The molecular formula is C18H30N2O3. The Balaban J connectivity index is 2.66. The van der Waals surface area contributed by atoms with Crippen LogP contribution in [0, 0.1) is 0 Å². The van der Waals surface area contributed by atoms with Gasteiger partial charge >= 0.3 is 0 Å². The third-order valence-corrected chi connectivity index (χ3v) is 3.71. The molecule has 0 radical (unpaired) electrons. The van der Waals surface area contributed by atoms with E-state index in [-0.39, 0.29) is 5.91 Å². The summed E-state index contributed by atoms with van der Waals surface area (Å²) in [5.41, 5.74) is 0.579. The van der Waals surface area contributed by atoms with Crippen molar-refractivity contribution in [1.82, 2.24) is 10.2 Å². The van der Waals surface area contributed by atoms with E-state index in [4.69, 9.17) is 9.47 Å². The Hall–Kier alpha value is -1.75. The molecule has 23 heavy (non-hydrogen) atoms. The number of nitrogens with one attached hydrogen (secondary N) is 1. The molecule has 0 saturated carbocycles. The SMILES string of the molecule is CCOc1cc(C(=O)NCCN(C(C)C)C(C)C)ccc1OC. The van der Waals surface area contributed by atoms with Crippen molar-refractivity contribution >= 4 is 5.91 Å². The van der Waals surface area contributed by atoms with Gasteiger partial charge in [-0.3, -0.25) is 9.69 Å². The van der Waals surface area contributed by atoms with E-state index >= 15 is 0 Å². The van der Waals surface area contributed by atoms with Crippen molar-refractivity contribution in [1.29, 1.82) is 0 Å². The summed E-state index contributed by atoms with van der Waals surface area (Å²) in [5.74, 6) is 1.13. The minimum Gasteiger partial charge on any atom is -0.493 e. The van der Waals surface area contributed by atoms with Crippen LogP contribution in [0.25, 0.3) is 0 Å². The summed E-state index contributed by atoms with van der Waals surface area (Å²) in [7, 11) is 1.59. The minimum absolute atomic E-state index is 0.0962. The van der Waals surface area contributed by atoms with Gasteiger partial charge in [0.2, 0.25) is 0 Å². The van der Waals surface area contributed by atoms with Gasteiger partial charge in [-0.25, -0.2) is 0 Å². The molecule has 0 spiro atoms. The molecule has 1 aromatic carbocycles. The van der Waals surface area contributed by atoms with Crippen molar-refractivity contribution in [2.24, 2.45) is 0 Å². The highest BCUT2D eigenvalue weighted by atomic mass is 16.5. The van der Waals surface area contributed by atoms with E-state index in [2.05, 4.69) is 37.9 Å². The van der Waals surface area contributed by atoms with Crippen molar-refractivity contribution < 1.29 is 14.3 Å². The molecule has 1 rings (SSSR count). The highest BCUT2D eigenvalue weighted by Gasteiger charge is 2.14. The first-order valence-corrected chi connectivity index (χ1v) is 8.25. The topological polar surface area (TPSA) is 50.8 Å². The largest absolute Gasteiger partial charge is 0.493 e. The van der Waals surface area contributed by atoms with Gasteiger partial charge in [-0.15, -0.1) is 0 Å². The predicted molar refractivity (Wildman–Crippen MR) is 93.5 cm³/mol. The lowest BCUT2D eigenvalue weighted by molar-refractivity contribution is 0.0939. The Morgan fingerprint density at radius 2 is 1.83 bits per heavy atom. The highest BCUT2D eigenvalue weighted by molar-refractivity contribution is 5.94. The average Bonchev–Trinajstić information content (AvgIpc) is 2.50. The van der Waals surface area contributed by atoms with Crippen molar-refractivity contribution in [3.05, 3.63) is 23.8 Å². The lowest BCUT2D eigenvalue weighted by Crippen LogP contribution is -2.42. The fourth-order valence-electron chi connectivity index (χ4n) is 2.60. The van der Waals surface area contributed by atoms with E-state index in [1.807, 2.05) is 6.92 Å². The van der Waals surface area contributed by atoms with Crippen LogP contribution in [0.5, 0.6) is 11.5 Å². The molecule has 0 fully saturated rings. The van der Waals surface area contributed by atoms with E-state index in [0.29, 0.717) is 42.3 Å². The van der Waals surface area contributed by atoms with Crippen molar-refractivity contribution in [2.75, 3.05) is 26.8 Å². The summed E-state index contributed by atoms with van der Waals surface area (Å²) >= 11 is 0. The molecule has 0 unspecified atom stereocenters. The second-order valence-corrected chi connectivity index (χ2v) is 5.98. The zero-order valence-corrected chi connectivity index (χ0v) is 15.2. The van der Waals surface area contributed by atoms with Crippen LogP contribution in [-0.2, 0) is 0 Å². The third-order valence-electron chi connectivity index (χ3n) is 3.71. The van der Waals surface area contributed by atoms with Gasteiger partial charge in [0.25, 0.3) is 5.91 Å². The van der Waals surface area contributed by atoms with Gasteiger partial charge in [0.1, 0.15) is 0 Å². The van der Waals surface area contributed by atoms with Crippen LogP contribution in [0.4, 0.5) is 0 Å². The number of methoxy groups -OCH3 is 1. The quantitative estimate of drug-likeness (QED) is 0.759. The van der Waals surface area contributed by atoms with Crippen LogP contribution in [0.1, 0.15) is 45.0 Å². The molecule has 0 aromatic heterocycles. The first-order valence-electron chi connectivity index (χ1n) is 8.25. The van der Waals surface area contributed by atoms with E-state index in [0.717, 1.165) is 6.54 Å². The molecule has 5 heteroatoms. The van der Waals surface area contributed by atoms with Crippen LogP contribution >= 0.6 is 0 Å². The van der Waals surface area contributed by atoms with Crippen LogP contribution in [-0.4, -0.2) is 49.7 Å². The second-order valence-electron chi connectivity index (χ2n) is 5.98. The van der Waals surface area contributed by atoms with Crippen molar-refractivity contribution in [3.8, 4) is 11.5 Å². The number of hydrogen-bond acceptors (Lipinski definition) is 4. The normalized spacial score (nSPS) is 11.2. The number of benzene rings is 1. The van der Waals surface area contributed by atoms with Crippen LogP contribution in [0.2, 0.25) is 0 Å². The fourth-order valence-corrected chi connectivity index (χ4v) is 2.60. The molecule has 130 valence electrons. The summed E-state index contributed by atoms with van der Waals surface area (Å²) in [5, 5.41) is 2.97. The summed E-state index contributed by atoms with van der Waals surface area (Å²) in [6.07, 6.45) is 0. The van der Waals surface area contributed by atoms with Crippen molar-refractivity contribution in [2.45, 2.75) is 46.7 Å². The molecular weight excluding hydrogens is 292 g/mol. The molecule has 0 saturated heterocycles. The molecule has 1 N–H and O–H groups in total. The molecule has 0 heterocycles. The monoisotopic (exact) mass is 322 g/mol. The number of rotatable bonds is 9. The molecule has 5 nitrogen and oxygen atoms in total. The minimum atomic E-state index is -0.0962. The molecule has 1 aromatic rings. The Kier molecular flexibility index (Phi) is 7.89. The molecule has 0 bridgehead atoms. The van der Waals surface area contributed by atoms with Gasteiger partial charge in [-0.2, -0.15) is 0 Å². The van der Waals surface area contributed by atoms with Crippen molar-refractivity contribution in [3.63, 3.8) is 0 Å². The number of carbonyl (C=O) groups excluding carboxylic acids is 1. The molecule has 0 aliphatic rings. The summed E-state index contributed by atoms with van der Waals surface area (Å²) in [6, 6.07) is 6.14. The van der Waals surface area contributed by atoms with Gasteiger partial charge < -0.3 is 14.8 Å². The maximum absolute atomic E-state index is 12.3. The van der Waals surface area contributed by atoms with Gasteiger partial charge in [-0.05, 0) is 52.8 Å².